The standard InChI is InChI=1S/C14H14N2O4/c1-15-7-8-16(14(19)13(15)18)9-11(17)10-5-3-4-6-12(10)20-2/h3-8H,9H2,1-2H3. The highest BCUT2D eigenvalue weighted by Crippen LogP contribution is 2.18. The molecule has 1 aromatic carbocycles. The number of benzene rings is 1. The molecule has 1 heterocycles. The number of hydrogen-bond donors (Lipinski definition) is 0. The molecule has 104 valence electrons. The van der Waals surface area contributed by atoms with E-state index in [0.29, 0.717) is 11.3 Å². The number of carbonyl (C=O) groups excluding carboxylic acids is 1. The Morgan fingerprint density at radius 2 is 1.85 bits per heavy atom. The van der Waals surface area contributed by atoms with E-state index < -0.39 is 11.1 Å². The Bertz CT molecular complexity index is 758. The Balaban J connectivity index is 2.36. The number of ketones is 1. The van der Waals surface area contributed by atoms with Gasteiger partial charge in [-0.05, 0) is 12.1 Å². The number of rotatable bonds is 4. The van der Waals surface area contributed by atoms with Crippen molar-refractivity contribution in [1.82, 2.24) is 9.13 Å². The van der Waals surface area contributed by atoms with Crippen molar-refractivity contribution in [3.63, 3.8) is 0 Å². The number of ether oxygens (including phenoxy) is 1. The van der Waals surface area contributed by atoms with Gasteiger partial charge in [0.15, 0.2) is 5.78 Å². The van der Waals surface area contributed by atoms with E-state index in [1.165, 1.54) is 31.1 Å². The summed E-state index contributed by atoms with van der Waals surface area (Å²) in [5, 5.41) is 0. The molecule has 0 radical (unpaired) electrons. The van der Waals surface area contributed by atoms with Crippen LogP contribution < -0.4 is 15.9 Å². The zero-order valence-corrected chi connectivity index (χ0v) is 11.2. The van der Waals surface area contributed by atoms with Crippen LogP contribution in [0.2, 0.25) is 0 Å². The second-order valence-corrected chi connectivity index (χ2v) is 4.27. The number of Topliss-reactive ketones (excluding diaryl/α,β-unsaturated/α-hetero) is 1. The van der Waals surface area contributed by atoms with Crippen LogP contribution in [-0.4, -0.2) is 22.0 Å². The fourth-order valence-corrected chi connectivity index (χ4v) is 1.83. The Kier molecular flexibility index (Phi) is 3.84. The lowest BCUT2D eigenvalue weighted by Gasteiger charge is -2.08. The number of hydrogen-bond acceptors (Lipinski definition) is 4. The highest BCUT2D eigenvalue weighted by molar-refractivity contribution is 5.98. The fraction of sp³-hybridized carbons (Fsp3) is 0.214. The van der Waals surface area contributed by atoms with Gasteiger partial charge in [0.2, 0.25) is 0 Å². The molecule has 0 amide bonds. The van der Waals surface area contributed by atoms with Gasteiger partial charge in [-0.3, -0.25) is 14.4 Å². The summed E-state index contributed by atoms with van der Waals surface area (Å²) in [7, 11) is 2.95. The van der Waals surface area contributed by atoms with E-state index in [4.69, 9.17) is 4.74 Å². The first kappa shape index (κ1) is 13.8. The SMILES string of the molecule is COc1ccccc1C(=O)Cn1ccn(C)c(=O)c1=O. The number of methoxy groups -OCH3 is 1. The van der Waals surface area contributed by atoms with Gasteiger partial charge in [0.05, 0.1) is 19.2 Å². The quantitative estimate of drug-likeness (QED) is 0.599. The molecule has 2 aromatic rings. The van der Waals surface area contributed by atoms with Crippen molar-refractivity contribution in [3.05, 3.63) is 62.9 Å². The molecule has 0 atom stereocenters. The van der Waals surface area contributed by atoms with Crippen molar-refractivity contribution in [1.29, 1.82) is 0 Å². The third-order valence-corrected chi connectivity index (χ3v) is 2.96. The van der Waals surface area contributed by atoms with Crippen LogP contribution in [0, 0.1) is 0 Å². The molecule has 0 saturated heterocycles. The van der Waals surface area contributed by atoms with Gasteiger partial charge in [0.1, 0.15) is 5.75 Å². The number of nitrogens with zero attached hydrogens (tertiary/aromatic N) is 2. The van der Waals surface area contributed by atoms with Crippen LogP contribution in [0.1, 0.15) is 10.4 Å². The van der Waals surface area contributed by atoms with Crippen LogP contribution in [0.15, 0.2) is 46.2 Å². The molecule has 0 unspecified atom stereocenters. The maximum Gasteiger partial charge on any atom is 0.316 e. The van der Waals surface area contributed by atoms with E-state index >= 15 is 0 Å². The second-order valence-electron chi connectivity index (χ2n) is 4.27. The van der Waals surface area contributed by atoms with Gasteiger partial charge >= 0.3 is 11.1 Å². The largest absolute Gasteiger partial charge is 0.496 e. The monoisotopic (exact) mass is 274 g/mol. The first-order valence-corrected chi connectivity index (χ1v) is 5.97. The van der Waals surface area contributed by atoms with E-state index in [0.717, 1.165) is 4.57 Å². The summed E-state index contributed by atoms with van der Waals surface area (Å²) in [5.41, 5.74) is -1.01. The molecule has 20 heavy (non-hydrogen) atoms. The molecule has 0 aliphatic heterocycles. The highest BCUT2D eigenvalue weighted by atomic mass is 16.5. The first-order chi connectivity index (χ1) is 9.54. The van der Waals surface area contributed by atoms with Gasteiger partial charge in [-0.15, -0.1) is 0 Å². The molecule has 0 aliphatic rings. The Hall–Kier alpha value is -2.63. The molecule has 6 nitrogen and oxygen atoms in total. The first-order valence-electron chi connectivity index (χ1n) is 5.97. The molecule has 0 fully saturated rings. The van der Waals surface area contributed by atoms with E-state index in [1.807, 2.05) is 0 Å². The summed E-state index contributed by atoms with van der Waals surface area (Å²) in [4.78, 5) is 35.5. The van der Waals surface area contributed by atoms with Crippen molar-refractivity contribution in [2.24, 2.45) is 7.05 Å². The molecule has 0 saturated carbocycles. The van der Waals surface area contributed by atoms with Gasteiger partial charge in [0, 0.05) is 19.4 Å². The second kappa shape index (κ2) is 5.56. The van der Waals surface area contributed by atoms with Gasteiger partial charge in [-0.1, -0.05) is 12.1 Å². The predicted molar refractivity (Wildman–Crippen MR) is 73.3 cm³/mol. The van der Waals surface area contributed by atoms with E-state index in [9.17, 15) is 14.4 Å². The molecular formula is C14H14N2O4. The third-order valence-electron chi connectivity index (χ3n) is 2.96. The number of aromatic nitrogens is 2. The van der Waals surface area contributed by atoms with Gasteiger partial charge < -0.3 is 13.9 Å². The van der Waals surface area contributed by atoms with Crippen LogP contribution in [0.5, 0.6) is 5.75 Å². The molecule has 0 N–H and O–H groups in total. The summed E-state index contributed by atoms with van der Waals surface area (Å²) in [6.07, 6.45) is 2.86. The van der Waals surface area contributed by atoms with Gasteiger partial charge in [-0.25, -0.2) is 0 Å². The van der Waals surface area contributed by atoms with E-state index in [2.05, 4.69) is 0 Å². The van der Waals surface area contributed by atoms with E-state index in [-0.39, 0.29) is 12.3 Å². The fourth-order valence-electron chi connectivity index (χ4n) is 1.83. The molecule has 6 heteroatoms. The number of para-hydroxylation sites is 1. The molecule has 1 aromatic heterocycles. The maximum atomic E-state index is 12.2. The minimum atomic E-state index is -0.724. The zero-order valence-electron chi connectivity index (χ0n) is 11.2. The lowest BCUT2D eigenvalue weighted by molar-refractivity contribution is 0.0967. The lowest BCUT2D eigenvalue weighted by atomic mass is 10.1. The minimum absolute atomic E-state index is 0.199. The Morgan fingerprint density at radius 1 is 1.15 bits per heavy atom. The average Bonchev–Trinajstić information content (AvgIpc) is 2.47. The van der Waals surface area contributed by atoms with Crippen molar-refractivity contribution in [3.8, 4) is 5.75 Å². The molecular weight excluding hydrogens is 260 g/mol. The van der Waals surface area contributed by atoms with Crippen LogP contribution >= 0.6 is 0 Å². The van der Waals surface area contributed by atoms with Crippen molar-refractivity contribution in [2.75, 3.05) is 7.11 Å². The molecule has 0 spiro atoms. The van der Waals surface area contributed by atoms with Crippen molar-refractivity contribution >= 4 is 5.78 Å². The summed E-state index contributed by atoms with van der Waals surface area (Å²) in [6.45, 7) is -0.199. The Morgan fingerprint density at radius 3 is 2.55 bits per heavy atom. The van der Waals surface area contributed by atoms with Crippen LogP contribution in [0.3, 0.4) is 0 Å². The van der Waals surface area contributed by atoms with Crippen molar-refractivity contribution < 1.29 is 9.53 Å². The zero-order chi connectivity index (χ0) is 14.7. The number of carbonyl (C=O) groups is 1. The lowest BCUT2D eigenvalue weighted by Crippen LogP contribution is -2.40. The minimum Gasteiger partial charge on any atom is -0.496 e. The van der Waals surface area contributed by atoms with Crippen LogP contribution in [0.4, 0.5) is 0 Å². The predicted octanol–water partition coefficient (Wildman–Crippen LogP) is 0.438. The topological polar surface area (TPSA) is 70.3 Å². The smallest absolute Gasteiger partial charge is 0.316 e. The number of aryl methyl sites for hydroxylation is 1. The normalized spacial score (nSPS) is 10.3. The average molecular weight is 274 g/mol. The summed E-state index contributed by atoms with van der Waals surface area (Å²) in [6, 6.07) is 6.75. The molecule has 0 aliphatic carbocycles. The maximum absolute atomic E-state index is 12.2. The summed E-state index contributed by atoms with van der Waals surface area (Å²) >= 11 is 0. The van der Waals surface area contributed by atoms with E-state index in [1.54, 1.807) is 24.3 Å². The summed E-state index contributed by atoms with van der Waals surface area (Å²) in [5.74, 6) is 0.146. The third kappa shape index (κ3) is 2.54. The van der Waals surface area contributed by atoms with Gasteiger partial charge in [0.25, 0.3) is 0 Å². The Labute approximate surface area is 114 Å². The van der Waals surface area contributed by atoms with Crippen LogP contribution in [-0.2, 0) is 13.6 Å². The summed E-state index contributed by atoms with van der Waals surface area (Å²) < 4.78 is 7.37. The molecule has 2 rings (SSSR count). The van der Waals surface area contributed by atoms with Crippen LogP contribution in [0.25, 0.3) is 0 Å². The van der Waals surface area contributed by atoms with Gasteiger partial charge in [-0.2, -0.15) is 0 Å². The molecule has 0 bridgehead atoms. The van der Waals surface area contributed by atoms with Crippen molar-refractivity contribution in [2.45, 2.75) is 6.54 Å². The highest BCUT2D eigenvalue weighted by Gasteiger charge is 2.13.